The summed E-state index contributed by atoms with van der Waals surface area (Å²) >= 11 is 0. The molecule has 1 aromatic carbocycles. The summed E-state index contributed by atoms with van der Waals surface area (Å²) in [6.07, 6.45) is -3.76. The molecular weight excluding hydrogens is 237 g/mol. The van der Waals surface area contributed by atoms with Crippen LogP contribution in [0.25, 0.3) is 5.57 Å². The number of hydrogen-bond acceptors (Lipinski definition) is 2. The van der Waals surface area contributed by atoms with E-state index >= 15 is 0 Å². The Morgan fingerprint density at radius 1 is 1.29 bits per heavy atom. The van der Waals surface area contributed by atoms with Crippen molar-refractivity contribution in [2.24, 2.45) is 0 Å². The number of halogens is 3. The molecule has 17 heavy (non-hydrogen) atoms. The van der Waals surface area contributed by atoms with Crippen LogP contribution in [-0.2, 0) is 4.79 Å². The molecule has 3 nitrogen and oxygen atoms in total. The molecule has 0 unspecified atom stereocenters. The maximum atomic E-state index is 11.9. The molecule has 0 fully saturated rings. The first-order valence-electron chi connectivity index (χ1n) is 4.55. The second-order valence-corrected chi connectivity index (χ2v) is 3.24. The number of alkyl halides is 3. The van der Waals surface area contributed by atoms with Gasteiger partial charge in [0.15, 0.2) is 0 Å². The van der Waals surface area contributed by atoms with Gasteiger partial charge in [-0.3, -0.25) is 0 Å². The van der Waals surface area contributed by atoms with Crippen LogP contribution < -0.4 is 4.74 Å². The smallest absolute Gasteiger partial charge is 0.478 e. The third kappa shape index (κ3) is 4.58. The molecule has 1 rings (SSSR count). The maximum Gasteiger partial charge on any atom is 0.573 e. The van der Waals surface area contributed by atoms with E-state index < -0.39 is 12.3 Å². The first-order chi connectivity index (χ1) is 7.78. The Morgan fingerprint density at radius 3 is 2.24 bits per heavy atom. The van der Waals surface area contributed by atoms with E-state index in [0.29, 0.717) is 11.1 Å². The van der Waals surface area contributed by atoms with Gasteiger partial charge in [-0.05, 0) is 30.2 Å². The van der Waals surface area contributed by atoms with Gasteiger partial charge in [0.25, 0.3) is 0 Å². The van der Waals surface area contributed by atoms with Gasteiger partial charge in [0.2, 0.25) is 0 Å². The Bertz CT molecular complexity index is 432. The molecule has 1 N–H and O–H groups in total. The minimum absolute atomic E-state index is 0.343. The summed E-state index contributed by atoms with van der Waals surface area (Å²) in [6.45, 7) is 1.55. The van der Waals surface area contributed by atoms with Crippen LogP contribution in [0, 0.1) is 0 Å². The Hall–Kier alpha value is -1.98. The second kappa shape index (κ2) is 4.90. The van der Waals surface area contributed by atoms with Crippen LogP contribution in [0.15, 0.2) is 30.3 Å². The zero-order chi connectivity index (χ0) is 13.1. The fourth-order valence-corrected chi connectivity index (χ4v) is 1.19. The van der Waals surface area contributed by atoms with E-state index in [1.54, 1.807) is 6.92 Å². The third-order valence-electron chi connectivity index (χ3n) is 1.88. The normalized spacial score (nSPS) is 12.4. The highest BCUT2D eigenvalue weighted by Crippen LogP contribution is 2.24. The van der Waals surface area contributed by atoms with E-state index in [-0.39, 0.29) is 5.75 Å². The van der Waals surface area contributed by atoms with Gasteiger partial charge in [-0.2, -0.15) is 0 Å². The molecule has 0 saturated carbocycles. The molecule has 6 heteroatoms. The first-order valence-corrected chi connectivity index (χ1v) is 4.55. The summed E-state index contributed by atoms with van der Waals surface area (Å²) in [6, 6.07) is 4.97. The van der Waals surface area contributed by atoms with Crippen molar-refractivity contribution < 1.29 is 27.8 Å². The largest absolute Gasteiger partial charge is 0.573 e. The predicted molar refractivity (Wildman–Crippen MR) is 54.4 cm³/mol. The molecule has 92 valence electrons. The molecule has 0 atom stereocenters. The monoisotopic (exact) mass is 246 g/mol. The number of allylic oxidation sites excluding steroid dienone is 1. The van der Waals surface area contributed by atoms with E-state index in [4.69, 9.17) is 5.11 Å². The molecule has 0 saturated heterocycles. The van der Waals surface area contributed by atoms with Crippen LogP contribution in [0.1, 0.15) is 12.5 Å². The van der Waals surface area contributed by atoms with Crippen molar-refractivity contribution in [3.8, 4) is 5.75 Å². The van der Waals surface area contributed by atoms with Crippen LogP contribution in [0.5, 0.6) is 5.75 Å². The second-order valence-electron chi connectivity index (χ2n) is 3.24. The zero-order valence-electron chi connectivity index (χ0n) is 8.78. The molecule has 0 aliphatic carbocycles. The topological polar surface area (TPSA) is 46.5 Å². The lowest BCUT2D eigenvalue weighted by molar-refractivity contribution is -0.274. The lowest BCUT2D eigenvalue weighted by Crippen LogP contribution is -2.16. The minimum Gasteiger partial charge on any atom is -0.478 e. The number of rotatable bonds is 3. The molecule has 0 aliphatic heterocycles. The van der Waals surface area contributed by atoms with Gasteiger partial charge in [0, 0.05) is 6.08 Å². The Kier molecular flexibility index (Phi) is 3.77. The van der Waals surface area contributed by atoms with E-state index in [0.717, 1.165) is 18.2 Å². The Balaban J connectivity index is 2.85. The standard InChI is InChI=1S/C11H9F3O3/c1-7(6-10(15)16)8-2-4-9(5-3-8)17-11(12,13)14/h2-6H,1H3,(H,15,16)/b7-6-. The van der Waals surface area contributed by atoms with E-state index in [1.807, 2.05) is 0 Å². The molecule has 0 heterocycles. The van der Waals surface area contributed by atoms with Gasteiger partial charge < -0.3 is 9.84 Å². The van der Waals surface area contributed by atoms with Gasteiger partial charge in [-0.1, -0.05) is 12.1 Å². The molecule has 0 bridgehead atoms. The number of aliphatic carboxylic acids is 1. The summed E-state index contributed by atoms with van der Waals surface area (Å²) < 4.78 is 39.3. The molecule has 1 aromatic rings. The van der Waals surface area contributed by atoms with Crippen LogP contribution in [0.4, 0.5) is 13.2 Å². The number of carbonyl (C=O) groups is 1. The van der Waals surface area contributed by atoms with Crippen molar-refractivity contribution in [2.75, 3.05) is 0 Å². The number of carboxylic acid groups (broad SMARTS) is 1. The van der Waals surface area contributed by atoms with Crippen molar-refractivity contribution in [2.45, 2.75) is 13.3 Å². The average molecular weight is 246 g/mol. The quantitative estimate of drug-likeness (QED) is 0.833. The minimum atomic E-state index is -4.73. The lowest BCUT2D eigenvalue weighted by atomic mass is 10.1. The summed E-state index contributed by atoms with van der Waals surface area (Å²) in [7, 11) is 0. The summed E-state index contributed by atoms with van der Waals surface area (Å²) in [5, 5.41) is 8.50. The van der Waals surface area contributed by atoms with E-state index in [9.17, 15) is 18.0 Å². The molecule has 0 spiro atoms. The number of ether oxygens (including phenoxy) is 1. The first kappa shape index (κ1) is 13.1. The van der Waals surface area contributed by atoms with Crippen molar-refractivity contribution >= 4 is 11.5 Å². The van der Waals surface area contributed by atoms with Gasteiger partial charge >= 0.3 is 12.3 Å². The molecule has 0 aromatic heterocycles. The van der Waals surface area contributed by atoms with Crippen LogP contribution in [0.3, 0.4) is 0 Å². The Morgan fingerprint density at radius 2 is 1.82 bits per heavy atom. The molecule has 0 radical (unpaired) electrons. The maximum absolute atomic E-state index is 11.9. The average Bonchev–Trinajstić information content (AvgIpc) is 2.15. The Labute approximate surface area is 95.1 Å². The van der Waals surface area contributed by atoms with Gasteiger partial charge in [0.1, 0.15) is 5.75 Å². The van der Waals surface area contributed by atoms with Crippen LogP contribution in [0.2, 0.25) is 0 Å². The summed E-state index contributed by atoms with van der Waals surface area (Å²) in [4.78, 5) is 10.4. The highest BCUT2D eigenvalue weighted by molar-refractivity contribution is 5.89. The van der Waals surface area contributed by atoms with Gasteiger partial charge in [-0.25, -0.2) is 4.79 Å². The van der Waals surface area contributed by atoms with Crippen molar-refractivity contribution in [3.05, 3.63) is 35.9 Å². The van der Waals surface area contributed by atoms with Crippen molar-refractivity contribution in [3.63, 3.8) is 0 Å². The van der Waals surface area contributed by atoms with Crippen LogP contribution >= 0.6 is 0 Å². The number of benzene rings is 1. The van der Waals surface area contributed by atoms with Gasteiger partial charge in [-0.15, -0.1) is 13.2 Å². The lowest BCUT2D eigenvalue weighted by Gasteiger charge is -2.09. The van der Waals surface area contributed by atoms with E-state index in [2.05, 4.69) is 4.74 Å². The zero-order valence-corrected chi connectivity index (χ0v) is 8.78. The molecule has 0 aliphatic rings. The fourth-order valence-electron chi connectivity index (χ4n) is 1.19. The highest BCUT2D eigenvalue weighted by atomic mass is 19.4. The number of carboxylic acids is 1. The third-order valence-corrected chi connectivity index (χ3v) is 1.88. The summed E-state index contributed by atoms with van der Waals surface area (Å²) in [5.41, 5.74) is 0.956. The van der Waals surface area contributed by atoms with Crippen LogP contribution in [-0.4, -0.2) is 17.4 Å². The SMILES string of the molecule is C/C(=C/C(=O)O)c1ccc(OC(F)(F)F)cc1. The predicted octanol–water partition coefficient (Wildman–Crippen LogP) is 3.07. The van der Waals surface area contributed by atoms with Crippen molar-refractivity contribution in [1.82, 2.24) is 0 Å². The van der Waals surface area contributed by atoms with E-state index in [1.165, 1.54) is 12.1 Å². The number of hydrogen-bond donors (Lipinski definition) is 1. The molecule has 0 amide bonds. The summed E-state index contributed by atoms with van der Waals surface area (Å²) in [5.74, 6) is -1.46. The fraction of sp³-hybridized carbons (Fsp3) is 0.182. The highest BCUT2D eigenvalue weighted by Gasteiger charge is 2.30. The molecular formula is C11H9F3O3. The van der Waals surface area contributed by atoms with Crippen molar-refractivity contribution in [1.29, 1.82) is 0 Å². The van der Waals surface area contributed by atoms with Gasteiger partial charge in [0.05, 0.1) is 0 Å².